The molecular weight excluding hydrogens is 481 g/mol. The molecule has 30 heavy (non-hydrogen) atoms. The lowest BCUT2D eigenvalue weighted by Gasteiger charge is -2.40. The third-order valence-electron chi connectivity index (χ3n) is 5.17. The summed E-state index contributed by atoms with van der Waals surface area (Å²) in [5.41, 5.74) is 1.67. The van der Waals surface area contributed by atoms with Gasteiger partial charge in [-0.3, -0.25) is 0 Å². The Labute approximate surface area is 187 Å². The number of hydrogen-bond donors (Lipinski definition) is 1. The number of ether oxygens (including phenoxy) is 1. The molecule has 0 bridgehead atoms. The van der Waals surface area contributed by atoms with Gasteiger partial charge in [0.25, 0.3) is 0 Å². The second-order valence-corrected chi connectivity index (χ2v) is 9.59. The SMILES string of the molecule is CO[C@H]1CC[C@H](N(CC(C)C)c2ccc(Br)cc2Nc2nc(C(F)(F)F)ns2)CC1. The summed E-state index contributed by atoms with van der Waals surface area (Å²) < 4.78 is 48.4. The van der Waals surface area contributed by atoms with E-state index in [1.54, 1.807) is 7.11 Å². The number of nitrogens with one attached hydrogen (secondary N) is 1. The standard InChI is InChI=1S/C20H26BrF3N4OS/c1-12(2)11-28(14-5-7-15(29-3)8-6-14)17-9-4-13(21)10-16(17)25-19-26-18(27-30-19)20(22,23)24/h4,9-10,12,14-15H,5-8,11H2,1-3H3,(H,25,26,27)/t14-,15-. The third kappa shape index (κ3) is 5.85. The summed E-state index contributed by atoms with van der Waals surface area (Å²) in [7, 11) is 1.75. The molecule has 10 heteroatoms. The van der Waals surface area contributed by atoms with Crippen LogP contribution in [0.3, 0.4) is 0 Å². The fraction of sp³-hybridized carbons (Fsp3) is 0.600. The Hall–Kier alpha value is -1.39. The second kappa shape index (κ2) is 9.82. The molecule has 1 aliphatic carbocycles. The Kier molecular flexibility index (Phi) is 7.62. The molecule has 0 saturated heterocycles. The summed E-state index contributed by atoms with van der Waals surface area (Å²) in [6.45, 7) is 5.18. The normalized spacial score (nSPS) is 19.9. The first kappa shape index (κ1) is 23.3. The van der Waals surface area contributed by atoms with Crippen molar-refractivity contribution in [1.82, 2.24) is 9.36 Å². The highest BCUT2D eigenvalue weighted by Crippen LogP contribution is 2.38. The Morgan fingerprint density at radius 2 is 1.97 bits per heavy atom. The van der Waals surface area contributed by atoms with E-state index in [1.165, 1.54) is 0 Å². The van der Waals surface area contributed by atoms with Gasteiger partial charge in [0, 0.05) is 35.7 Å². The number of halogens is 4. The largest absolute Gasteiger partial charge is 0.452 e. The summed E-state index contributed by atoms with van der Waals surface area (Å²) in [5, 5.41) is 3.19. The second-order valence-electron chi connectivity index (χ2n) is 7.92. The average Bonchev–Trinajstić information content (AvgIpc) is 3.16. The van der Waals surface area contributed by atoms with Gasteiger partial charge in [0.15, 0.2) is 0 Å². The average molecular weight is 507 g/mol. The van der Waals surface area contributed by atoms with Crippen LogP contribution in [0, 0.1) is 5.92 Å². The van der Waals surface area contributed by atoms with Crippen LogP contribution >= 0.6 is 27.5 Å². The van der Waals surface area contributed by atoms with Crippen LogP contribution in [-0.4, -0.2) is 35.2 Å². The van der Waals surface area contributed by atoms with Gasteiger partial charge in [-0.25, -0.2) is 0 Å². The molecule has 1 heterocycles. The monoisotopic (exact) mass is 506 g/mol. The van der Waals surface area contributed by atoms with E-state index in [0.29, 0.717) is 35.3 Å². The molecule has 0 spiro atoms. The molecule has 2 aromatic rings. The molecule has 1 saturated carbocycles. The highest BCUT2D eigenvalue weighted by Gasteiger charge is 2.36. The minimum atomic E-state index is -4.56. The van der Waals surface area contributed by atoms with E-state index in [0.717, 1.165) is 42.4 Å². The molecule has 3 rings (SSSR count). The molecule has 0 amide bonds. The lowest BCUT2D eigenvalue weighted by Crippen LogP contribution is -2.41. The Morgan fingerprint density at radius 3 is 2.53 bits per heavy atom. The fourth-order valence-corrected chi connectivity index (χ4v) is 4.75. The molecule has 1 aromatic carbocycles. The van der Waals surface area contributed by atoms with Crippen molar-refractivity contribution in [3.63, 3.8) is 0 Å². The van der Waals surface area contributed by atoms with Crippen LogP contribution in [0.1, 0.15) is 45.4 Å². The van der Waals surface area contributed by atoms with Gasteiger partial charge in [0.1, 0.15) is 0 Å². The topological polar surface area (TPSA) is 50.3 Å². The van der Waals surface area contributed by atoms with Gasteiger partial charge in [0.05, 0.1) is 17.5 Å². The number of rotatable bonds is 7. The molecule has 1 fully saturated rings. The van der Waals surface area contributed by atoms with Gasteiger partial charge in [0.2, 0.25) is 11.0 Å². The summed E-state index contributed by atoms with van der Waals surface area (Å²) in [4.78, 5) is 5.99. The Balaban J connectivity index is 1.89. The molecule has 1 aromatic heterocycles. The van der Waals surface area contributed by atoms with Crippen LogP contribution in [0.4, 0.5) is 29.7 Å². The van der Waals surface area contributed by atoms with E-state index in [1.807, 2.05) is 18.2 Å². The van der Waals surface area contributed by atoms with Crippen LogP contribution in [-0.2, 0) is 10.9 Å². The van der Waals surface area contributed by atoms with E-state index in [9.17, 15) is 13.2 Å². The van der Waals surface area contributed by atoms with E-state index in [2.05, 4.69) is 49.4 Å². The van der Waals surface area contributed by atoms with Gasteiger partial charge >= 0.3 is 6.18 Å². The smallest absolute Gasteiger partial charge is 0.381 e. The van der Waals surface area contributed by atoms with Crippen molar-refractivity contribution in [2.75, 3.05) is 23.9 Å². The molecule has 0 radical (unpaired) electrons. The third-order valence-corrected chi connectivity index (χ3v) is 6.29. The van der Waals surface area contributed by atoms with Crippen LogP contribution in [0.15, 0.2) is 22.7 Å². The predicted octanol–water partition coefficient (Wildman–Crippen LogP) is 6.48. The van der Waals surface area contributed by atoms with Gasteiger partial charge in [-0.1, -0.05) is 29.8 Å². The van der Waals surface area contributed by atoms with Crippen molar-refractivity contribution >= 4 is 44.0 Å². The minimum absolute atomic E-state index is 0.120. The summed E-state index contributed by atoms with van der Waals surface area (Å²) in [6, 6.07) is 6.18. The zero-order valence-corrected chi connectivity index (χ0v) is 19.6. The molecule has 0 aliphatic heterocycles. The van der Waals surface area contributed by atoms with Crippen LogP contribution in [0.5, 0.6) is 0 Å². The summed E-state index contributed by atoms with van der Waals surface area (Å²) >= 11 is 4.18. The summed E-state index contributed by atoms with van der Waals surface area (Å²) in [6.07, 6.45) is -0.233. The number of nitrogens with zero attached hydrogens (tertiary/aromatic N) is 3. The van der Waals surface area contributed by atoms with Crippen LogP contribution in [0.25, 0.3) is 0 Å². The first-order valence-electron chi connectivity index (χ1n) is 9.94. The molecule has 0 atom stereocenters. The molecule has 0 unspecified atom stereocenters. The van der Waals surface area contributed by atoms with E-state index >= 15 is 0 Å². The maximum atomic E-state index is 12.9. The Morgan fingerprint density at radius 1 is 1.27 bits per heavy atom. The lowest BCUT2D eigenvalue weighted by molar-refractivity contribution is -0.144. The van der Waals surface area contributed by atoms with Crippen molar-refractivity contribution in [2.45, 2.75) is 57.9 Å². The van der Waals surface area contributed by atoms with Crippen molar-refractivity contribution in [1.29, 1.82) is 0 Å². The number of methoxy groups -OCH3 is 1. The number of alkyl halides is 3. The molecule has 5 nitrogen and oxygen atoms in total. The number of hydrogen-bond acceptors (Lipinski definition) is 6. The molecule has 1 aliphatic rings. The van der Waals surface area contributed by atoms with Gasteiger partial charge < -0.3 is 15.0 Å². The van der Waals surface area contributed by atoms with Crippen molar-refractivity contribution in [2.24, 2.45) is 5.92 Å². The zero-order valence-electron chi connectivity index (χ0n) is 17.2. The minimum Gasteiger partial charge on any atom is -0.381 e. The van der Waals surface area contributed by atoms with E-state index < -0.39 is 12.0 Å². The number of benzene rings is 1. The maximum Gasteiger partial charge on any atom is 0.452 e. The molecule has 1 N–H and O–H groups in total. The fourth-order valence-electron chi connectivity index (χ4n) is 3.79. The van der Waals surface area contributed by atoms with Crippen molar-refractivity contribution in [3.8, 4) is 0 Å². The van der Waals surface area contributed by atoms with Gasteiger partial charge in [-0.2, -0.15) is 22.5 Å². The van der Waals surface area contributed by atoms with E-state index in [-0.39, 0.29) is 5.13 Å². The van der Waals surface area contributed by atoms with E-state index in [4.69, 9.17) is 4.74 Å². The predicted molar refractivity (Wildman–Crippen MR) is 118 cm³/mol. The zero-order chi connectivity index (χ0) is 21.9. The maximum absolute atomic E-state index is 12.9. The lowest BCUT2D eigenvalue weighted by atomic mass is 9.90. The first-order chi connectivity index (χ1) is 14.2. The highest BCUT2D eigenvalue weighted by molar-refractivity contribution is 9.10. The highest BCUT2D eigenvalue weighted by atomic mass is 79.9. The van der Waals surface area contributed by atoms with Crippen LogP contribution < -0.4 is 10.2 Å². The quantitative estimate of drug-likeness (QED) is 0.465. The Bertz CT molecular complexity index is 838. The number of anilines is 3. The van der Waals surface area contributed by atoms with Gasteiger partial charge in [-0.05, 0) is 49.8 Å². The molecule has 166 valence electrons. The summed E-state index contributed by atoms with van der Waals surface area (Å²) in [5.74, 6) is -0.691. The molecular formula is C20H26BrF3N4OS. The van der Waals surface area contributed by atoms with Gasteiger partial charge in [-0.15, -0.1) is 0 Å². The number of aromatic nitrogens is 2. The first-order valence-corrected chi connectivity index (χ1v) is 11.5. The van der Waals surface area contributed by atoms with Crippen molar-refractivity contribution in [3.05, 3.63) is 28.5 Å². The van der Waals surface area contributed by atoms with Crippen molar-refractivity contribution < 1.29 is 17.9 Å². The van der Waals surface area contributed by atoms with Crippen LogP contribution in [0.2, 0.25) is 0 Å².